The summed E-state index contributed by atoms with van der Waals surface area (Å²) in [5, 5.41) is 11.9. The summed E-state index contributed by atoms with van der Waals surface area (Å²) < 4.78 is 0. The third-order valence-electron chi connectivity index (χ3n) is 0.868. The molecule has 0 aliphatic heterocycles. The van der Waals surface area contributed by atoms with Crippen molar-refractivity contribution < 1.29 is 9.90 Å². The molecule has 3 nitrogen and oxygen atoms in total. The highest BCUT2D eigenvalue weighted by molar-refractivity contribution is 7.67. The number of nitrogens with zero attached hydrogens (tertiary/aromatic N) is 1. The minimum Gasteiger partial charge on any atom is -0.476 e. The molecule has 0 fully saturated rings. The van der Waals surface area contributed by atoms with E-state index < -0.39 is 5.97 Å². The molecule has 5 heteroatoms. The largest absolute Gasteiger partial charge is 0.476 e. The second-order valence-corrected chi connectivity index (χ2v) is 3.65. The molecule has 1 rings (SSSR count). The van der Waals surface area contributed by atoms with E-state index in [-0.39, 0.29) is 5.69 Å². The first kappa shape index (κ1) is 8.16. The molecule has 11 heavy (non-hydrogen) atoms. The lowest BCUT2D eigenvalue weighted by Crippen LogP contribution is -1.96. The van der Waals surface area contributed by atoms with Crippen molar-refractivity contribution >= 4 is 26.7 Å². The van der Waals surface area contributed by atoms with Gasteiger partial charge < -0.3 is 5.11 Å². The molecule has 58 valence electrons. The van der Waals surface area contributed by atoms with Crippen LogP contribution in [0.25, 0.3) is 0 Å². The Morgan fingerprint density at radius 1 is 1.55 bits per heavy atom. The van der Waals surface area contributed by atoms with E-state index in [1.54, 1.807) is 6.07 Å². The van der Waals surface area contributed by atoms with Crippen LogP contribution < -0.4 is 0 Å². The predicted octanol–water partition coefficient (Wildman–Crippen LogP) is 2.03. The SMILES string of the molecule is O=C(O)c1csscccn1. The third-order valence-corrected chi connectivity index (χ3v) is 2.52. The number of rotatable bonds is 1. The molecule has 0 atom stereocenters. The van der Waals surface area contributed by atoms with Gasteiger partial charge in [-0.15, -0.1) is 0 Å². The number of carbonyl (C=O) groups is 1. The maximum Gasteiger partial charge on any atom is 0.355 e. The van der Waals surface area contributed by atoms with Crippen molar-refractivity contribution in [2.75, 3.05) is 0 Å². The molecule has 1 aromatic rings. The van der Waals surface area contributed by atoms with Crippen molar-refractivity contribution in [2.24, 2.45) is 0 Å². The third kappa shape index (κ3) is 2.65. The van der Waals surface area contributed by atoms with Crippen molar-refractivity contribution in [3.05, 3.63) is 28.7 Å². The van der Waals surface area contributed by atoms with Gasteiger partial charge in [0, 0.05) is 17.0 Å². The van der Waals surface area contributed by atoms with Crippen LogP contribution in [0.4, 0.5) is 0 Å². The van der Waals surface area contributed by atoms with Crippen LogP contribution >= 0.6 is 20.7 Å². The lowest BCUT2D eigenvalue weighted by Gasteiger charge is -1.85. The molecule has 0 aliphatic carbocycles. The second-order valence-electron chi connectivity index (χ2n) is 1.61. The zero-order chi connectivity index (χ0) is 8.10. The van der Waals surface area contributed by atoms with Gasteiger partial charge in [0.05, 0.1) is 0 Å². The topological polar surface area (TPSA) is 50.2 Å². The number of aromatic nitrogens is 1. The second kappa shape index (κ2) is 4.05. The van der Waals surface area contributed by atoms with Crippen molar-refractivity contribution in [2.45, 2.75) is 0 Å². The highest BCUT2D eigenvalue weighted by atomic mass is 32.9. The van der Waals surface area contributed by atoms with Gasteiger partial charge in [-0.3, -0.25) is 0 Å². The average molecular weight is 187 g/mol. The normalized spacial score (nSPS) is 8.73. The van der Waals surface area contributed by atoms with E-state index in [9.17, 15) is 4.79 Å². The molecule has 0 saturated carbocycles. The minimum atomic E-state index is -0.996. The molecule has 0 saturated heterocycles. The molecule has 0 bridgehead atoms. The predicted molar refractivity (Wildman–Crippen MR) is 44.6 cm³/mol. The van der Waals surface area contributed by atoms with E-state index in [2.05, 4.69) is 4.98 Å². The van der Waals surface area contributed by atoms with Gasteiger partial charge in [-0.05, 0) is 6.07 Å². The summed E-state index contributed by atoms with van der Waals surface area (Å²) in [7, 11) is 2.79. The lowest BCUT2D eigenvalue weighted by atomic mass is 10.5. The van der Waals surface area contributed by atoms with Crippen LogP contribution in [0.1, 0.15) is 10.5 Å². The Balaban J connectivity index is 3.12. The standard InChI is InChI=1S/C6H5NO2S2/c8-6(9)5-4-11-10-3-1-2-7-5/h1-4H,(H,8,9). The van der Waals surface area contributed by atoms with Crippen LogP contribution in [0.5, 0.6) is 0 Å². The monoisotopic (exact) mass is 187 g/mol. The quantitative estimate of drug-likeness (QED) is 0.684. The average Bonchev–Trinajstić information content (AvgIpc) is 1.84. The molecule has 0 unspecified atom stereocenters. The fraction of sp³-hybridized carbons (Fsp3) is 0. The van der Waals surface area contributed by atoms with Gasteiger partial charge in [0.25, 0.3) is 0 Å². The molecular weight excluding hydrogens is 182 g/mol. The van der Waals surface area contributed by atoms with Crippen molar-refractivity contribution in [3.63, 3.8) is 0 Å². The van der Waals surface area contributed by atoms with E-state index >= 15 is 0 Å². The summed E-state index contributed by atoms with van der Waals surface area (Å²) in [6, 6.07) is 1.70. The smallest absolute Gasteiger partial charge is 0.355 e. The molecule has 0 amide bonds. The van der Waals surface area contributed by atoms with E-state index in [4.69, 9.17) is 5.11 Å². The molecule has 1 heterocycles. The van der Waals surface area contributed by atoms with E-state index in [1.807, 2.05) is 5.38 Å². The summed E-state index contributed by atoms with van der Waals surface area (Å²) in [6.07, 6.45) is 1.46. The Hall–Kier alpha value is -0.940. The van der Waals surface area contributed by atoms with Gasteiger partial charge in [-0.1, -0.05) is 20.7 Å². The maximum atomic E-state index is 10.4. The zero-order valence-electron chi connectivity index (χ0n) is 5.43. The number of aromatic carboxylic acids is 1. The van der Waals surface area contributed by atoms with Crippen molar-refractivity contribution in [3.8, 4) is 0 Å². The number of carboxylic acid groups (broad SMARTS) is 1. The number of hydrogen-bond acceptors (Lipinski definition) is 4. The molecule has 1 aromatic heterocycles. The van der Waals surface area contributed by atoms with Crippen LogP contribution in [0.15, 0.2) is 23.0 Å². The van der Waals surface area contributed by atoms with Gasteiger partial charge in [-0.2, -0.15) is 0 Å². The Morgan fingerprint density at radius 3 is 3.09 bits per heavy atom. The van der Waals surface area contributed by atoms with Gasteiger partial charge in [0.15, 0.2) is 5.69 Å². The Labute approximate surface area is 70.7 Å². The first-order chi connectivity index (χ1) is 5.30. The lowest BCUT2D eigenvalue weighted by molar-refractivity contribution is 0.0691. The number of carboxylic acids is 1. The van der Waals surface area contributed by atoms with Gasteiger partial charge in [-0.25, -0.2) is 9.78 Å². The first-order valence-corrected chi connectivity index (χ1v) is 5.03. The minimum absolute atomic E-state index is 0.0758. The highest BCUT2D eigenvalue weighted by Crippen LogP contribution is 2.02. The van der Waals surface area contributed by atoms with Crippen molar-refractivity contribution in [1.82, 2.24) is 4.98 Å². The van der Waals surface area contributed by atoms with Crippen LogP contribution in [-0.2, 0) is 0 Å². The Bertz CT molecular complexity index is 271. The van der Waals surface area contributed by atoms with Gasteiger partial charge >= 0.3 is 5.97 Å². The zero-order valence-corrected chi connectivity index (χ0v) is 7.06. The fourth-order valence-corrected chi connectivity index (χ4v) is 1.76. The molecule has 0 aliphatic rings. The summed E-state index contributed by atoms with van der Waals surface area (Å²) in [6.45, 7) is 0. The van der Waals surface area contributed by atoms with Crippen molar-refractivity contribution in [1.29, 1.82) is 0 Å². The summed E-state index contributed by atoms with van der Waals surface area (Å²) >= 11 is 0. The van der Waals surface area contributed by atoms with E-state index in [0.717, 1.165) is 0 Å². The van der Waals surface area contributed by atoms with Crippen LogP contribution in [-0.4, -0.2) is 16.1 Å². The summed E-state index contributed by atoms with van der Waals surface area (Å²) in [4.78, 5) is 14.1. The molecule has 1 N–H and O–H groups in total. The summed E-state index contributed by atoms with van der Waals surface area (Å²) in [5.74, 6) is -0.996. The van der Waals surface area contributed by atoms with Crippen LogP contribution in [0, 0.1) is 0 Å². The van der Waals surface area contributed by atoms with Crippen LogP contribution in [0.3, 0.4) is 0 Å². The summed E-state index contributed by atoms with van der Waals surface area (Å²) in [5.41, 5.74) is 0.0758. The molecular formula is C6H5NO2S2. The fourth-order valence-electron chi connectivity index (χ4n) is 0.432. The Morgan fingerprint density at radius 2 is 2.36 bits per heavy atom. The van der Waals surface area contributed by atoms with E-state index in [1.165, 1.54) is 32.3 Å². The van der Waals surface area contributed by atoms with Gasteiger partial charge in [0.1, 0.15) is 0 Å². The van der Waals surface area contributed by atoms with Gasteiger partial charge in [0.2, 0.25) is 0 Å². The maximum absolute atomic E-state index is 10.4. The molecule has 0 aromatic carbocycles. The number of hydrogen-bond donors (Lipinski definition) is 1. The molecule has 0 radical (unpaired) electrons. The molecule has 0 spiro atoms. The Kier molecular flexibility index (Phi) is 3.00. The van der Waals surface area contributed by atoms with Crippen LogP contribution in [0.2, 0.25) is 0 Å². The highest BCUT2D eigenvalue weighted by Gasteiger charge is 1.98. The van der Waals surface area contributed by atoms with E-state index in [0.29, 0.717) is 0 Å². The first-order valence-electron chi connectivity index (χ1n) is 2.75.